The van der Waals surface area contributed by atoms with Gasteiger partial charge in [0.05, 0.1) is 19.2 Å². The summed E-state index contributed by atoms with van der Waals surface area (Å²) in [7, 11) is 0. The Morgan fingerprint density at radius 3 is 3.00 bits per heavy atom. The van der Waals surface area contributed by atoms with Crippen molar-refractivity contribution in [1.82, 2.24) is 10.4 Å². The molecule has 1 atom stereocenters. The second kappa shape index (κ2) is 3.41. The summed E-state index contributed by atoms with van der Waals surface area (Å²) in [6.07, 6.45) is 3.03. The average Bonchev–Trinajstić information content (AvgIpc) is 2.77. The minimum absolute atomic E-state index is 0.0168. The minimum Gasteiger partial charge on any atom is -0.306 e. The molecule has 4 heteroatoms. The van der Waals surface area contributed by atoms with Gasteiger partial charge in [-0.2, -0.15) is 0 Å². The molecule has 2 aliphatic heterocycles. The third-order valence-corrected chi connectivity index (χ3v) is 2.36. The summed E-state index contributed by atoms with van der Waals surface area (Å²) in [4.78, 5) is 16.8. The van der Waals surface area contributed by atoms with Crippen molar-refractivity contribution in [3.05, 3.63) is 0 Å². The van der Waals surface area contributed by atoms with Gasteiger partial charge in [0.2, 0.25) is 0 Å². The molecule has 0 unspecified atom stereocenters. The third kappa shape index (κ3) is 1.44. The molecule has 0 aliphatic carbocycles. The lowest BCUT2D eigenvalue weighted by Gasteiger charge is -2.17. The zero-order valence-corrected chi connectivity index (χ0v) is 7.08. The van der Waals surface area contributed by atoms with Gasteiger partial charge in [-0.3, -0.25) is 9.63 Å². The van der Waals surface area contributed by atoms with E-state index in [0.717, 1.165) is 32.4 Å². The molecule has 2 saturated heterocycles. The lowest BCUT2D eigenvalue weighted by Crippen LogP contribution is -2.41. The molecule has 0 radical (unpaired) electrons. The van der Waals surface area contributed by atoms with Crippen LogP contribution >= 0.6 is 0 Å². The van der Waals surface area contributed by atoms with Crippen LogP contribution in [-0.4, -0.2) is 36.7 Å². The zero-order valence-electron chi connectivity index (χ0n) is 7.08. The van der Waals surface area contributed by atoms with Gasteiger partial charge in [-0.15, -0.1) is 0 Å². The Bertz CT molecular complexity index is 154. The number of rotatable bonds is 1. The van der Waals surface area contributed by atoms with Crippen LogP contribution in [0, 0.1) is 0 Å². The summed E-state index contributed by atoms with van der Waals surface area (Å²) < 4.78 is 0. The molecule has 0 spiro atoms. The molecule has 0 bridgehead atoms. The molecule has 0 aromatic heterocycles. The quantitative estimate of drug-likeness (QED) is 0.597. The first kappa shape index (κ1) is 8.01. The van der Waals surface area contributed by atoms with Crippen molar-refractivity contribution in [3.8, 4) is 0 Å². The number of amides is 1. The minimum atomic E-state index is 0.0168. The number of nitrogens with zero attached hydrogens (tertiary/aromatic N) is 1. The number of hydrogen-bond donors (Lipinski definition) is 1. The largest absolute Gasteiger partial charge is 0.306 e. The van der Waals surface area contributed by atoms with Gasteiger partial charge in [-0.05, 0) is 25.8 Å². The molecule has 1 N–H and O–H groups in total. The summed E-state index contributed by atoms with van der Waals surface area (Å²) in [5, 5.41) is 4.66. The van der Waals surface area contributed by atoms with Crippen molar-refractivity contribution in [2.75, 3.05) is 19.7 Å². The Morgan fingerprint density at radius 1 is 1.50 bits per heavy atom. The number of carbonyl (C=O) groups excluding carboxylic acids is 1. The zero-order chi connectivity index (χ0) is 8.39. The lowest BCUT2D eigenvalue weighted by atomic mass is 10.2. The fraction of sp³-hybridized carbons (Fsp3) is 0.875. The van der Waals surface area contributed by atoms with Gasteiger partial charge in [0.1, 0.15) is 0 Å². The Hall–Kier alpha value is -0.610. The van der Waals surface area contributed by atoms with Gasteiger partial charge in [-0.1, -0.05) is 0 Å². The van der Waals surface area contributed by atoms with Gasteiger partial charge in [0, 0.05) is 0 Å². The number of hydroxylamine groups is 2. The van der Waals surface area contributed by atoms with E-state index in [4.69, 9.17) is 4.84 Å². The van der Waals surface area contributed by atoms with Crippen LogP contribution in [0.4, 0.5) is 0 Å². The second-order valence-corrected chi connectivity index (χ2v) is 3.28. The van der Waals surface area contributed by atoms with Crippen molar-refractivity contribution in [2.45, 2.75) is 25.3 Å². The van der Waals surface area contributed by atoms with Crippen molar-refractivity contribution in [1.29, 1.82) is 0 Å². The van der Waals surface area contributed by atoms with E-state index in [1.54, 1.807) is 0 Å². The fourth-order valence-electron chi connectivity index (χ4n) is 1.69. The standard InChI is InChI=1S/C8H14N2O2/c11-8(7-3-1-4-9-7)10-5-2-6-12-10/h7,9H,1-6H2/t7-/m1/s1. The Labute approximate surface area is 71.8 Å². The molecule has 2 rings (SSSR count). The molecule has 2 heterocycles. The Morgan fingerprint density at radius 2 is 2.42 bits per heavy atom. The summed E-state index contributed by atoms with van der Waals surface area (Å²) >= 11 is 0. The highest BCUT2D eigenvalue weighted by atomic mass is 16.7. The molecule has 1 amide bonds. The van der Waals surface area contributed by atoms with Gasteiger partial charge >= 0.3 is 0 Å². The first-order chi connectivity index (χ1) is 5.88. The first-order valence-electron chi connectivity index (χ1n) is 4.55. The topological polar surface area (TPSA) is 41.6 Å². The number of nitrogens with one attached hydrogen (secondary N) is 1. The molecule has 2 aliphatic rings. The van der Waals surface area contributed by atoms with Crippen LogP contribution in [0.25, 0.3) is 0 Å². The maximum Gasteiger partial charge on any atom is 0.263 e. The predicted octanol–water partition coefficient (Wildman–Crippen LogP) is -0.0977. The molecule has 0 aromatic rings. The van der Waals surface area contributed by atoms with Crippen LogP contribution in [0.3, 0.4) is 0 Å². The van der Waals surface area contributed by atoms with Crippen LogP contribution in [0.2, 0.25) is 0 Å². The van der Waals surface area contributed by atoms with E-state index in [2.05, 4.69) is 5.32 Å². The summed E-state index contributed by atoms with van der Waals surface area (Å²) in [5.74, 6) is 0.116. The van der Waals surface area contributed by atoms with Crippen molar-refractivity contribution < 1.29 is 9.63 Å². The van der Waals surface area contributed by atoms with Gasteiger partial charge in [0.15, 0.2) is 0 Å². The van der Waals surface area contributed by atoms with Gasteiger partial charge in [0.25, 0.3) is 5.91 Å². The average molecular weight is 170 g/mol. The highest BCUT2D eigenvalue weighted by Gasteiger charge is 2.29. The normalized spacial score (nSPS) is 29.7. The highest BCUT2D eigenvalue weighted by Crippen LogP contribution is 2.12. The number of carbonyl (C=O) groups is 1. The van der Waals surface area contributed by atoms with Gasteiger partial charge in [-0.25, -0.2) is 5.06 Å². The SMILES string of the molecule is O=C([C@H]1CCCN1)N1CCCO1. The van der Waals surface area contributed by atoms with Crippen molar-refractivity contribution >= 4 is 5.91 Å². The van der Waals surface area contributed by atoms with E-state index < -0.39 is 0 Å². The van der Waals surface area contributed by atoms with Crippen LogP contribution < -0.4 is 5.32 Å². The summed E-state index contributed by atoms with van der Waals surface area (Å²) in [6.45, 7) is 2.42. The third-order valence-electron chi connectivity index (χ3n) is 2.36. The maximum absolute atomic E-state index is 11.6. The van der Waals surface area contributed by atoms with Crippen LogP contribution in [-0.2, 0) is 9.63 Å². The molecule has 68 valence electrons. The van der Waals surface area contributed by atoms with Crippen molar-refractivity contribution in [2.24, 2.45) is 0 Å². The summed E-state index contributed by atoms with van der Waals surface area (Å²) in [6, 6.07) is 0.0168. The van der Waals surface area contributed by atoms with Crippen LogP contribution in [0.1, 0.15) is 19.3 Å². The molecule has 12 heavy (non-hydrogen) atoms. The predicted molar refractivity (Wildman–Crippen MR) is 43.3 cm³/mol. The smallest absolute Gasteiger partial charge is 0.263 e. The molecular formula is C8H14N2O2. The Kier molecular flexibility index (Phi) is 2.28. The van der Waals surface area contributed by atoms with E-state index >= 15 is 0 Å². The highest BCUT2D eigenvalue weighted by molar-refractivity contribution is 5.81. The summed E-state index contributed by atoms with van der Waals surface area (Å²) in [5.41, 5.74) is 0. The molecule has 4 nitrogen and oxygen atoms in total. The van der Waals surface area contributed by atoms with E-state index in [1.165, 1.54) is 5.06 Å². The van der Waals surface area contributed by atoms with E-state index in [9.17, 15) is 4.79 Å². The van der Waals surface area contributed by atoms with Gasteiger partial charge < -0.3 is 5.32 Å². The molecule has 0 saturated carbocycles. The van der Waals surface area contributed by atoms with Crippen LogP contribution in [0.15, 0.2) is 0 Å². The second-order valence-electron chi connectivity index (χ2n) is 3.28. The Balaban J connectivity index is 1.89. The van der Waals surface area contributed by atoms with Crippen molar-refractivity contribution in [3.63, 3.8) is 0 Å². The lowest BCUT2D eigenvalue weighted by molar-refractivity contribution is -0.170. The molecule has 0 aromatic carbocycles. The van der Waals surface area contributed by atoms with E-state index in [1.807, 2.05) is 0 Å². The van der Waals surface area contributed by atoms with E-state index in [0.29, 0.717) is 6.61 Å². The fourth-order valence-corrected chi connectivity index (χ4v) is 1.69. The monoisotopic (exact) mass is 170 g/mol. The maximum atomic E-state index is 11.6. The van der Waals surface area contributed by atoms with Crippen LogP contribution in [0.5, 0.6) is 0 Å². The first-order valence-corrected chi connectivity index (χ1v) is 4.55. The van der Waals surface area contributed by atoms with E-state index in [-0.39, 0.29) is 11.9 Å². The number of hydrogen-bond acceptors (Lipinski definition) is 3. The molecular weight excluding hydrogens is 156 g/mol. The molecule has 2 fully saturated rings.